The Hall–Kier alpha value is -3.37. The van der Waals surface area contributed by atoms with E-state index in [1.54, 1.807) is 30.3 Å². The largest absolute Gasteiger partial charge is 0.496 e. The third kappa shape index (κ3) is 3.61. The SMILES string of the molecule is COc1cc(Nc2ncn(-c3ccc(C#N)cc3)n2)ccc1C1CCOC1. The number of nitrogens with one attached hydrogen (secondary N) is 1. The topological polar surface area (TPSA) is 85.0 Å². The molecular formula is C20H19N5O2. The Balaban J connectivity index is 1.52. The van der Waals surface area contributed by atoms with Gasteiger partial charge in [-0.1, -0.05) is 6.07 Å². The summed E-state index contributed by atoms with van der Waals surface area (Å²) in [5.41, 5.74) is 3.46. The van der Waals surface area contributed by atoms with Crippen LogP contribution in [0.2, 0.25) is 0 Å². The number of benzene rings is 2. The molecule has 1 aromatic heterocycles. The van der Waals surface area contributed by atoms with Crippen molar-refractivity contribution in [3.63, 3.8) is 0 Å². The molecule has 2 heterocycles. The summed E-state index contributed by atoms with van der Waals surface area (Å²) in [5, 5.41) is 16.5. The molecule has 1 atom stereocenters. The van der Waals surface area contributed by atoms with Gasteiger partial charge in [-0.3, -0.25) is 0 Å². The normalized spacial score (nSPS) is 16.1. The zero-order valence-corrected chi connectivity index (χ0v) is 14.9. The quantitative estimate of drug-likeness (QED) is 0.750. The summed E-state index contributed by atoms with van der Waals surface area (Å²) in [5.74, 6) is 1.70. The van der Waals surface area contributed by atoms with Crippen molar-refractivity contribution in [1.29, 1.82) is 5.26 Å². The Morgan fingerprint density at radius 1 is 1.26 bits per heavy atom. The zero-order valence-electron chi connectivity index (χ0n) is 14.9. The van der Waals surface area contributed by atoms with Crippen LogP contribution in [0.25, 0.3) is 5.69 Å². The van der Waals surface area contributed by atoms with E-state index < -0.39 is 0 Å². The molecule has 1 N–H and O–H groups in total. The van der Waals surface area contributed by atoms with E-state index >= 15 is 0 Å². The van der Waals surface area contributed by atoms with Gasteiger partial charge in [0.05, 0.1) is 31.0 Å². The summed E-state index contributed by atoms with van der Waals surface area (Å²) in [6.07, 6.45) is 2.64. The molecule has 3 aromatic rings. The first kappa shape index (κ1) is 17.1. The molecule has 1 saturated heterocycles. The van der Waals surface area contributed by atoms with Crippen LogP contribution in [0.1, 0.15) is 23.5 Å². The predicted octanol–water partition coefficient (Wildman–Crippen LogP) is 3.40. The Kier molecular flexibility index (Phi) is 4.73. The first-order valence-corrected chi connectivity index (χ1v) is 8.72. The van der Waals surface area contributed by atoms with E-state index in [2.05, 4.69) is 27.5 Å². The molecule has 1 aliphatic heterocycles. The fraction of sp³-hybridized carbons (Fsp3) is 0.250. The third-order valence-electron chi connectivity index (χ3n) is 4.61. The minimum absolute atomic E-state index is 0.378. The molecule has 0 saturated carbocycles. The van der Waals surface area contributed by atoms with Crippen LogP contribution in [-0.4, -0.2) is 35.1 Å². The van der Waals surface area contributed by atoms with Crippen molar-refractivity contribution < 1.29 is 9.47 Å². The van der Waals surface area contributed by atoms with Crippen LogP contribution in [0.4, 0.5) is 11.6 Å². The molecule has 7 heteroatoms. The van der Waals surface area contributed by atoms with E-state index in [0.29, 0.717) is 17.4 Å². The lowest BCUT2D eigenvalue weighted by Crippen LogP contribution is -2.02. The number of methoxy groups -OCH3 is 1. The van der Waals surface area contributed by atoms with E-state index in [1.165, 1.54) is 0 Å². The molecule has 27 heavy (non-hydrogen) atoms. The van der Waals surface area contributed by atoms with Crippen LogP contribution in [-0.2, 0) is 4.74 Å². The number of rotatable bonds is 5. The molecule has 4 rings (SSSR count). The highest BCUT2D eigenvalue weighted by molar-refractivity contribution is 5.58. The monoisotopic (exact) mass is 361 g/mol. The maximum Gasteiger partial charge on any atom is 0.246 e. The van der Waals surface area contributed by atoms with E-state index in [1.807, 2.05) is 24.3 Å². The van der Waals surface area contributed by atoms with Crippen molar-refractivity contribution in [1.82, 2.24) is 14.8 Å². The fourth-order valence-electron chi connectivity index (χ4n) is 3.17. The van der Waals surface area contributed by atoms with Crippen LogP contribution in [0.3, 0.4) is 0 Å². The summed E-state index contributed by atoms with van der Waals surface area (Å²) >= 11 is 0. The Morgan fingerprint density at radius 2 is 2.11 bits per heavy atom. The van der Waals surface area contributed by atoms with Gasteiger partial charge in [-0.05, 0) is 42.3 Å². The van der Waals surface area contributed by atoms with Crippen molar-refractivity contribution in [3.8, 4) is 17.5 Å². The number of anilines is 2. The van der Waals surface area contributed by atoms with Gasteiger partial charge in [-0.25, -0.2) is 4.68 Å². The lowest BCUT2D eigenvalue weighted by molar-refractivity contribution is 0.193. The van der Waals surface area contributed by atoms with Crippen LogP contribution in [0.15, 0.2) is 48.8 Å². The second-order valence-corrected chi connectivity index (χ2v) is 6.31. The summed E-state index contributed by atoms with van der Waals surface area (Å²) < 4.78 is 12.7. The number of hydrogen-bond acceptors (Lipinski definition) is 6. The number of ether oxygens (including phenoxy) is 2. The molecule has 0 bridgehead atoms. The minimum Gasteiger partial charge on any atom is -0.496 e. The molecule has 1 aliphatic rings. The molecule has 7 nitrogen and oxygen atoms in total. The average molecular weight is 361 g/mol. The highest BCUT2D eigenvalue weighted by atomic mass is 16.5. The molecule has 2 aromatic carbocycles. The second kappa shape index (κ2) is 7.48. The van der Waals surface area contributed by atoms with Gasteiger partial charge in [0.2, 0.25) is 5.95 Å². The summed E-state index contributed by atoms with van der Waals surface area (Å²) in [6, 6.07) is 15.3. The van der Waals surface area contributed by atoms with Gasteiger partial charge >= 0.3 is 0 Å². The summed E-state index contributed by atoms with van der Waals surface area (Å²) in [7, 11) is 1.68. The maximum atomic E-state index is 8.89. The predicted molar refractivity (Wildman–Crippen MR) is 101 cm³/mol. The number of hydrogen-bond donors (Lipinski definition) is 1. The molecular weight excluding hydrogens is 342 g/mol. The van der Waals surface area contributed by atoms with Gasteiger partial charge in [0.1, 0.15) is 12.1 Å². The highest BCUT2D eigenvalue weighted by Crippen LogP contribution is 2.34. The van der Waals surface area contributed by atoms with Gasteiger partial charge in [-0.2, -0.15) is 10.2 Å². The van der Waals surface area contributed by atoms with Crippen molar-refractivity contribution in [3.05, 3.63) is 59.9 Å². The zero-order chi connectivity index (χ0) is 18.6. The van der Waals surface area contributed by atoms with Crippen LogP contribution >= 0.6 is 0 Å². The van der Waals surface area contributed by atoms with Gasteiger partial charge < -0.3 is 14.8 Å². The molecule has 136 valence electrons. The standard InChI is InChI=1S/C20H19N5O2/c1-26-19-10-16(4-7-18(19)15-8-9-27-12-15)23-20-22-13-25(24-20)17-5-2-14(11-21)3-6-17/h2-7,10,13,15H,8-9,12H2,1H3,(H,23,24). The summed E-state index contributed by atoms with van der Waals surface area (Å²) in [6.45, 7) is 1.53. The van der Waals surface area contributed by atoms with E-state index in [0.717, 1.165) is 42.3 Å². The molecule has 0 aliphatic carbocycles. The van der Waals surface area contributed by atoms with E-state index in [4.69, 9.17) is 14.7 Å². The molecule has 0 amide bonds. The van der Waals surface area contributed by atoms with E-state index in [9.17, 15) is 0 Å². The molecule has 1 unspecified atom stereocenters. The molecule has 0 radical (unpaired) electrons. The Bertz CT molecular complexity index is 969. The van der Waals surface area contributed by atoms with Crippen LogP contribution in [0.5, 0.6) is 5.75 Å². The molecule has 1 fully saturated rings. The Labute approximate surface area is 157 Å². The smallest absolute Gasteiger partial charge is 0.246 e. The first-order chi connectivity index (χ1) is 13.3. The van der Waals surface area contributed by atoms with Gasteiger partial charge in [0, 0.05) is 24.3 Å². The van der Waals surface area contributed by atoms with Crippen LogP contribution < -0.4 is 10.1 Å². The lowest BCUT2D eigenvalue weighted by atomic mass is 9.97. The maximum absolute atomic E-state index is 8.89. The second-order valence-electron chi connectivity index (χ2n) is 6.31. The van der Waals surface area contributed by atoms with Crippen molar-refractivity contribution >= 4 is 11.6 Å². The number of nitrogens with zero attached hydrogens (tertiary/aromatic N) is 4. The fourth-order valence-corrected chi connectivity index (χ4v) is 3.17. The Morgan fingerprint density at radius 3 is 2.81 bits per heavy atom. The highest BCUT2D eigenvalue weighted by Gasteiger charge is 2.21. The first-order valence-electron chi connectivity index (χ1n) is 8.72. The van der Waals surface area contributed by atoms with Crippen molar-refractivity contribution in [2.24, 2.45) is 0 Å². The minimum atomic E-state index is 0.378. The number of aromatic nitrogens is 3. The molecule has 0 spiro atoms. The summed E-state index contributed by atoms with van der Waals surface area (Å²) in [4.78, 5) is 4.30. The van der Waals surface area contributed by atoms with E-state index in [-0.39, 0.29) is 0 Å². The van der Waals surface area contributed by atoms with Gasteiger partial charge in [-0.15, -0.1) is 5.10 Å². The van der Waals surface area contributed by atoms with Gasteiger partial charge in [0.15, 0.2) is 0 Å². The van der Waals surface area contributed by atoms with Gasteiger partial charge in [0.25, 0.3) is 0 Å². The van der Waals surface area contributed by atoms with Crippen molar-refractivity contribution in [2.75, 3.05) is 25.6 Å². The lowest BCUT2D eigenvalue weighted by Gasteiger charge is -2.14. The third-order valence-corrected chi connectivity index (χ3v) is 4.61. The van der Waals surface area contributed by atoms with Crippen molar-refractivity contribution in [2.45, 2.75) is 12.3 Å². The van der Waals surface area contributed by atoms with Crippen LogP contribution in [0, 0.1) is 11.3 Å². The average Bonchev–Trinajstić information content (AvgIpc) is 3.40. The number of nitriles is 1.